The van der Waals surface area contributed by atoms with Crippen molar-refractivity contribution in [2.45, 2.75) is 0 Å². The van der Waals surface area contributed by atoms with Crippen molar-refractivity contribution in [2.75, 3.05) is 0 Å². The molecule has 0 aromatic heterocycles. The zero-order valence-corrected chi connectivity index (χ0v) is 8.68. The second kappa shape index (κ2) is 3.77. The molecular weight excluding hydrogens is 230 g/mol. The summed E-state index contributed by atoms with van der Waals surface area (Å²) in [6.45, 7) is 0. The molecule has 0 amide bonds. The molecule has 0 aliphatic heterocycles. The Kier molecular flexibility index (Phi) is 3.21. The van der Waals surface area contributed by atoms with Crippen LogP contribution in [0.1, 0.15) is 0 Å². The maximum atomic E-state index is 8.94. The molecule has 0 aliphatic carbocycles. The van der Waals surface area contributed by atoms with Crippen LogP contribution < -0.4 is 10.6 Å². The average molecular weight is 240 g/mol. The van der Waals surface area contributed by atoms with Gasteiger partial charge in [-0.2, -0.15) is 29.4 Å². The summed E-state index contributed by atoms with van der Waals surface area (Å²) in [7, 11) is -8.71. The first-order valence-corrected chi connectivity index (χ1v) is 6.77. The molecule has 1 aromatic carbocycles. The molecule has 6 nitrogen and oxygen atoms in total. The van der Waals surface area contributed by atoms with Gasteiger partial charge in [0.2, 0.25) is 10.6 Å². The number of hydrogen-bond donors (Lipinski definition) is 6. The molecule has 0 atom stereocenters. The Labute approximate surface area is 80.9 Å². The Morgan fingerprint density at radius 1 is 0.643 bits per heavy atom. The third-order valence-electron chi connectivity index (χ3n) is 1.53. The minimum atomic E-state index is -4.35. The van der Waals surface area contributed by atoms with Gasteiger partial charge in [-0.3, -0.25) is 0 Å². The van der Waals surface area contributed by atoms with E-state index in [4.69, 9.17) is 29.4 Å². The lowest BCUT2D eigenvalue weighted by atomic mass is 10.4. The first kappa shape index (κ1) is 11.9. The van der Waals surface area contributed by atoms with E-state index in [0.717, 1.165) is 12.1 Å². The Balaban J connectivity index is 3.31. The lowest BCUT2D eigenvalue weighted by Gasteiger charge is -2.08. The maximum Gasteiger partial charge on any atom is 0.445 e. The predicted octanol–water partition coefficient (Wildman–Crippen LogP) is -1.58. The van der Waals surface area contributed by atoms with E-state index in [1.54, 1.807) is 0 Å². The molecule has 0 spiro atoms. The highest BCUT2D eigenvalue weighted by Crippen LogP contribution is 2.49. The normalized spacial score (nSPS) is 13.0. The smallest absolute Gasteiger partial charge is 0.189 e. The largest absolute Gasteiger partial charge is 0.445 e. The van der Waals surface area contributed by atoms with Crippen LogP contribution in [0.5, 0.6) is 0 Å². The predicted molar refractivity (Wildman–Crippen MR) is 52.9 cm³/mol. The van der Waals surface area contributed by atoms with E-state index in [2.05, 4.69) is 0 Å². The van der Waals surface area contributed by atoms with Gasteiger partial charge in [-0.1, -0.05) is 12.1 Å². The number of benzene rings is 1. The van der Waals surface area contributed by atoms with E-state index in [1.165, 1.54) is 12.1 Å². The van der Waals surface area contributed by atoms with E-state index in [9.17, 15) is 0 Å². The molecule has 6 N–H and O–H groups in total. The van der Waals surface area contributed by atoms with Gasteiger partial charge in [-0.25, -0.2) is 0 Å². The van der Waals surface area contributed by atoms with Crippen molar-refractivity contribution in [2.24, 2.45) is 0 Å². The highest BCUT2D eigenvalue weighted by atomic mass is 31.2. The van der Waals surface area contributed by atoms with Gasteiger partial charge in [0.05, 0.1) is 0 Å². The Hall–Kier alpha value is -0.160. The second-order valence-electron chi connectivity index (χ2n) is 2.63. The van der Waals surface area contributed by atoms with Crippen LogP contribution in [0.4, 0.5) is 0 Å². The summed E-state index contributed by atoms with van der Waals surface area (Å²) >= 11 is 0. The van der Waals surface area contributed by atoms with Gasteiger partial charge in [-0.15, -0.1) is 0 Å². The summed E-state index contributed by atoms with van der Waals surface area (Å²) in [5, 5.41) is -0.915. The van der Waals surface area contributed by atoms with Crippen LogP contribution in [0.25, 0.3) is 0 Å². The summed E-state index contributed by atoms with van der Waals surface area (Å²) in [6.07, 6.45) is 0. The number of hydrogen-bond acceptors (Lipinski definition) is 6. The van der Waals surface area contributed by atoms with Gasteiger partial charge in [0.25, 0.3) is 0 Å². The molecule has 0 aliphatic rings. The maximum absolute atomic E-state index is 8.94. The Morgan fingerprint density at radius 2 is 0.929 bits per heavy atom. The van der Waals surface area contributed by atoms with Gasteiger partial charge >= 0.3 is 15.9 Å². The van der Waals surface area contributed by atoms with Crippen molar-refractivity contribution in [1.82, 2.24) is 0 Å². The van der Waals surface area contributed by atoms with Crippen LogP contribution in [0.15, 0.2) is 24.3 Å². The number of rotatable bonds is 2. The Morgan fingerprint density at radius 3 is 1.14 bits per heavy atom. The van der Waals surface area contributed by atoms with Crippen LogP contribution >= 0.6 is 15.9 Å². The first-order valence-electron chi connectivity index (χ1n) is 3.47. The molecule has 14 heavy (non-hydrogen) atoms. The van der Waals surface area contributed by atoms with Crippen molar-refractivity contribution >= 4 is 26.5 Å². The van der Waals surface area contributed by atoms with Crippen molar-refractivity contribution in [3.63, 3.8) is 0 Å². The molecular formula is C6H10O6P2+2. The first-order chi connectivity index (χ1) is 6.23. The fourth-order valence-electron chi connectivity index (χ4n) is 0.972. The van der Waals surface area contributed by atoms with Gasteiger partial charge in [0.15, 0.2) is 0 Å². The van der Waals surface area contributed by atoms with Gasteiger partial charge < -0.3 is 0 Å². The zero-order valence-electron chi connectivity index (χ0n) is 6.89. The molecule has 0 saturated heterocycles. The fraction of sp³-hybridized carbons (Fsp3) is 0. The standard InChI is InChI=1S/C6H10O6P2/c7-13(8,9)5-3-1-2-4-6(5)14(10,11)12/h1-4,7-12H/q+2. The van der Waals surface area contributed by atoms with E-state index < -0.39 is 26.5 Å². The van der Waals surface area contributed by atoms with Crippen molar-refractivity contribution in [3.8, 4) is 0 Å². The summed E-state index contributed by atoms with van der Waals surface area (Å²) in [6, 6.07) is 4.93. The van der Waals surface area contributed by atoms with Gasteiger partial charge in [-0.05, 0) is 12.1 Å². The van der Waals surface area contributed by atoms with Crippen LogP contribution in [-0.4, -0.2) is 29.4 Å². The van der Waals surface area contributed by atoms with Crippen LogP contribution in [0.3, 0.4) is 0 Å². The molecule has 0 fully saturated rings. The third kappa shape index (κ3) is 2.67. The molecule has 0 unspecified atom stereocenters. The monoisotopic (exact) mass is 240 g/mol. The van der Waals surface area contributed by atoms with Crippen molar-refractivity contribution < 1.29 is 29.4 Å². The van der Waals surface area contributed by atoms with Gasteiger partial charge in [0.1, 0.15) is 0 Å². The van der Waals surface area contributed by atoms with Gasteiger partial charge in [0, 0.05) is 0 Å². The van der Waals surface area contributed by atoms with Crippen LogP contribution in [-0.2, 0) is 0 Å². The summed E-state index contributed by atoms with van der Waals surface area (Å²) < 4.78 is 0. The Bertz CT molecular complexity index is 295. The molecule has 8 heteroatoms. The van der Waals surface area contributed by atoms with Crippen molar-refractivity contribution in [1.29, 1.82) is 0 Å². The highest BCUT2D eigenvalue weighted by Gasteiger charge is 2.48. The SMILES string of the molecule is O[P+](O)(O)c1ccccc1[P+](O)(O)O. The molecule has 0 heterocycles. The van der Waals surface area contributed by atoms with E-state index in [0.29, 0.717) is 0 Å². The summed E-state index contributed by atoms with van der Waals surface area (Å²) in [5.41, 5.74) is 0. The van der Waals surface area contributed by atoms with E-state index in [-0.39, 0.29) is 0 Å². The summed E-state index contributed by atoms with van der Waals surface area (Å²) in [4.78, 5) is 53.6. The topological polar surface area (TPSA) is 121 Å². The molecule has 0 radical (unpaired) electrons. The van der Waals surface area contributed by atoms with E-state index >= 15 is 0 Å². The zero-order chi connectivity index (χ0) is 11.0. The minimum Gasteiger partial charge on any atom is -0.189 e. The molecule has 0 bridgehead atoms. The molecule has 78 valence electrons. The quantitative estimate of drug-likeness (QED) is 0.347. The molecule has 1 aromatic rings. The fourth-order valence-corrected chi connectivity index (χ4v) is 3.11. The van der Waals surface area contributed by atoms with E-state index in [1.807, 2.05) is 0 Å². The second-order valence-corrected chi connectivity index (χ2v) is 5.86. The molecule has 1 rings (SSSR count). The lowest BCUT2D eigenvalue weighted by Crippen LogP contribution is -2.29. The third-order valence-corrected chi connectivity index (χ3v) is 3.78. The average Bonchev–Trinajstić information content (AvgIpc) is 2.01. The highest BCUT2D eigenvalue weighted by molar-refractivity contribution is 7.73. The van der Waals surface area contributed by atoms with Crippen LogP contribution in [0.2, 0.25) is 0 Å². The van der Waals surface area contributed by atoms with Crippen LogP contribution in [0, 0.1) is 0 Å². The lowest BCUT2D eigenvalue weighted by molar-refractivity contribution is 0.340. The van der Waals surface area contributed by atoms with Crippen molar-refractivity contribution in [3.05, 3.63) is 24.3 Å². The minimum absolute atomic E-state index is 0.458. The molecule has 0 saturated carbocycles. The summed E-state index contributed by atoms with van der Waals surface area (Å²) in [5.74, 6) is 0.